The summed E-state index contributed by atoms with van der Waals surface area (Å²) in [5.41, 5.74) is 1.09. The summed E-state index contributed by atoms with van der Waals surface area (Å²) in [5, 5.41) is 0. The summed E-state index contributed by atoms with van der Waals surface area (Å²) in [5.74, 6) is 0.995. The number of nitrogens with one attached hydrogen (secondary N) is 2. The van der Waals surface area contributed by atoms with E-state index < -0.39 is 11.7 Å². The number of hydrogen-bond donors (Lipinski definition) is 2. The maximum atomic E-state index is 12.9. The third kappa shape index (κ3) is 7.60. The number of benzene rings is 1. The average molecular weight is 546 g/mol. The summed E-state index contributed by atoms with van der Waals surface area (Å²) in [6, 6.07) is 12.2. The third-order valence-corrected chi connectivity index (χ3v) is 8.45. The van der Waals surface area contributed by atoms with E-state index in [-0.39, 0.29) is 11.5 Å². The van der Waals surface area contributed by atoms with Crippen molar-refractivity contribution in [2.45, 2.75) is 80.9 Å². The van der Waals surface area contributed by atoms with Crippen LogP contribution in [0.1, 0.15) is 67.7 Å². The fourth-order valence-electron chi connectivity index (χ4n) is 5.03. The lowest BCUT2D eigenvalue weighted by atomic mass is 9.79. The number of alkyl halides is 3. The third-order valence-electron chi connectivity index (χ3n) is 7.47. The molecule has 10 heteroatoms. The van der Waals surface area contributed by atoms with Gasteiger partial charge in [0, 0.05) is 34.9 Å². The number of aryl methyl sites for hydroxylation is 1. The molecular formula is C28H34F3N5OS. The zero-order chi connectivity index (χ0) is 27.1. The zero-order valence-electron chi connectivity index (χ0n) is 21.7. The van der Waals surface area contributed by atoms with Crippen LogP contribution in [0.4, 0.5) is 19.0 Å². The van der Waals surface area contributed by atoms with Crippen LogP contribution in [0.3, 0.4) is 0 Å². The molecule has 2 atom stereocenters. The fraction of sp³-hybridized carbons (Fsp3) is 0.464. The SMILES string of the molecule is CN(C1CCC1)C1CCCC(c2cccc(C(F)(F)F)c2)C1.Cc1[nH]c(=O)ccc1SNc1ccncn1. The summed E-state index contributed by atoms with van der Waals surface area (Å²) in [4.78, 5) is 25.0. The molecule has 0 radical (unpaired) electrons. The van der Waals surface area contributed by atoms with Gasteiger partial charge in [0.05, 0.1) is 5.56 Å². The van der Waals surface area contributed by atoms with Gasteiger partial charge in [0.15, 0.2) is 0 Å². The fourth-order valence-corrected chi connectivity index (χ4v) is 5.71. The number of nitrogens with zero attached hydrogens (tertiary/aromatic N) is 3. The molecular weight excluding hydrogens is 511 g/mol. The number of rotatable bonds is 6. The molecule has 0 amide bonds. The topological polar surface area (TPSA) is 73.9 Å². The Morgan fingerprint density at radius 3 is 2.47 bits per heavy atom. The van der Waals surface area contributed by atoms with Crippen LogP contribution >= 0.6 is 11.9 Å². The minimum absolute atomic E-state index is 0.0936. The molecule has 2 fully saturated rings. The van der Waals surface area contributed by atoms with Gasteiger partial charge in [-0.2, -0.15) is 13.2 Å². The van der Waals surface area contributed by atoms with Crippen LogP contribution in [0.15, 0.2) is 64.7 Å². The van der Waals surface area contributed by atoms with Crippen molar-refractivity contribution >= 4 is 17.8 Å². The van der Waals surface area contributed by atoms with Crippen molar-refractivity contribution in [2.24, 2.45) is 0 Å². The second-order valence-electron chi connectivity index (χ2n) is 10.0. The van der Waals surface area contributed by atoms with Crippen molar-refractivity contribution in [3.05, 3.63) is 82.2 Å². The molecule has 1 aromatic carbocycles. The first-order valence-electron chi connectivity index (χ1n) is 13.0. The smallest absolute Gasteiger partial charge is 0.325 e. The molecule has 0 bridgehead atoms. The van der Waals surface area contributed by atoms with E-state index in [1.54, 1.807) is 24.4 Å². The highest BCUT2D eigenvalue weighted by Crippen LogP contribution is 2.39. The van der Waals surface area contributed by atoms with Gasteiger partial charge in [-0.25, -0.2) is 9.97 Å². The molecule has 3 aromatic rings. The van der Waals surface area contributed by atoms with E-state index in [4.69, 9.17) is 0 Å². The van der Waals surface area contributed by atoms with Crippen molar-refractivity contribution in [2.75, 3.05) is 11.8 Å². The van der Waals surface area contributed by atoms with Gasteiger partial charge in [-0.1, -0.05) is 31.0 Å². The number of pyridine rings is 1. The molecule has 5 rings (SSSR count). The van der Waals surface area contributed by atoms with Crippen molar-refractivity contribution < 1.29 is 13.2 Å². The van der Waals surface area contributed by atoms with Gasteiger partial charge in [0.1, 0.15) is 12.1 Å². The standard InChI is InChI=1S/C18H24F3N.C10H10N4OS/c1-22(16-8-4-9-16)17-10-3-6-14(12-17)13-5-2-7-15(11-13)18(19,20)21;1-7-8(2-3-10(15)13-7)16-14-9-4-5-11-6-12-9/h2,5,7,11,14,16-17H,3-4,6,8-10,12H2,1H3;2-6H,1H3,(H,13,15)(H,11,12,14). The highest BCUT2D eigenvalue weighted by atomic mass is 32.2. The Morgan fingerprint density at radius 1 is 1.05 bits per heavy atom. The van der Waals surface area contributed by atoms with E-state index in [9.17, 15) is 18.0 Å². The molecule has 2 saturated carbocycles. The lowest BCUT2D eigenvalue weighted by Crippen LogP contribution is -2.45. The van der Waals surface area contributed by atoms with Crippen LogP contribution in [0.2, 0.25) is 0 Å². The van der Waals surface area contributed by atoms with Crippen molar-refractivity contribution in [1.82, 2.24) is 19.9 Å². The Hall–Kier alpha value is -2.85. The van der Waals surface area contributed by atoms with Crippen molar-refractivity contribution in [3.8, 4) is 0 Å². The Bertz CT molecular complexity index is 1230. The van der Waals surface area contributed by atoms with E-state index in [0.29, 0.717) is 12.1 Å². The summed E-state index contributed by atoms with van der Waals surface area (Å²) in [7, 11) is 2.20. The first-order valence-corrected chi connectivity index (χ1v) is 13.8. The molecule has 204 valence electrons. The Labute approximate surface area is 225 Å². The van der Waals surface area contributed by atoms with Gasteiger partial charge in [-0.3, -0.25) is 4.79 Å². The van der Waals surface area contributed by atoms with Crippen LogP contribution in [0.5, 0.6) is 0 Å². The van der Waals surface area contributed by atoms with Crippen LogP contribution in [-0.2, 0) is 6.18 Å². The number of aromatic amines is 1. The molecule has 0 spiro atoms. The normalized spacial score (nSPS) is 19.8. The highest BCUT2D eigenvalue weighted by molar-refractivity contribution is 8.00. The largest absolute Gasteiger partial charge is 0.416 e. The molecule has 6 nitrogen and oxygen atoms in total. The molecule has 2 N–H and O–H groups in total. The van der Waals surface area contributed by atoms with E-state index in [2.05, 4.69) is 31.6 Å². The number of H-pyrrole nitrogens is 1. The predicted molar refractivity (Wildman–Crippen MR) is 145 cm³/mol. The number of halogens is 3. The van der Waals surface area contributed by atoms with Gasteiger partial charge in [-0.15, -0.1) is 0 Å². The predicted octanol–water partition coefficient (Wildman–Crippen LogP) is 6.81. The lowest BCUT2D eigenvalue weighted by molar-refractivity contribution is -0.137. The molecule has 2 heterocycles. The molecule has 2 aliphatic rings. The van der Waals surface area contributed by atoms with E-state index in [0.717, 1.165) is 41.2 Å². The Morgan fingerprint density at radius 2 is 1.82 bits per heavy atom. The summed E-state index contributed by atoms with van der Waals surface area (Å²) < 4.78 is 41.7. The Kier molecular flexibility index (Phi) is 9.49. The minimum atomic E-state index is -4.24. The molecule has 0 aliphatic heterocycles. The van der Waals surface area contributed by atoms with Gasteiger partial charge in [-0.05, 0) is 87.7 Å². The van der Waals surface area contributed by atoms with Gasteiger partial charge >= 0.3 is 6.18 Å². The van der Waals surface area contributed by atoms with Gasteiger partial charge in [0.2, 0.25) is 5.56 Å². The summed E-state index contributed by atoms with van der Waals surface area (Å²) in [6.07, 6.45) is 7.07. The van der Waals surface area contributed by atoms with E-state index in [1.165, 1.54) is 62.2 Å². The summed E-state index contributed by atoms with van der Waals surface area (Å²) in [6.45, 7) is 1.85. The number of anilines is 1. The van der Waals surface area contributed by atoms with Crippen LogP contribution in [0, 0.1) is 6.92 Å². The maximum absolute atomic E-state index is 12.9. The first kappa shape index (κ1) is 28.2. The minimum Gasteiger partial charge on any atom is -0.325 e. The molecule has 38 heavy (non-hydrogen) atoms. The molecule has 2 aliphatic carbocycles. The summed E-state index contributed by atoms with van der Waals surface area (Å²) >= 11 is 1.40. The maximum Gasteiger partial charge on any atom is 0.416 e. The number of hydrogen-bond acceptors (Lipinski definition) is 6. The van der Waals surface area contributed by atoms with Gasteiger partial charge < -0.3 is 14.6 Å². The van der Waals surface area contributed by atoms with Crippen LogP contribution < -0.4 is 10.3 Å². The van der Waals surface area contributed by atoms with Crippen LogP contribution in [0.25, 0.3) is 0 Å². The monoisotopic (exact) mass is 545 g/mol. The first-order chi connectivity index (χ1) is 18.2. The van der Waals surface area contributed by atoms with Gasteiger partial charge in [0.25, 0.3) is 0 Å². The van der Waals surface area contributed by atoms with Crippen LogP contribution in [-0.4, -0.2) is 39.0 Å². The quantitative estimate of drug-likeness (QED) is 0.332. The van der Waals surface area contributed by atoms with E-state index in [1.807, 2.05) is 13.0 Å². The highest BCUT2D eigenvalue weighted by Gasteiger charge is 2.34. The Balaban J connectivity index is 0.000000186. The van der Waals surface area contributed by atoms with Crippen molar-refractivity contribution in [1.29, 1.82) is 0 Å². The second-order valence-corrected chi connectivity index (χ2v) is 10.8. The second kappa shape index (κ2) is 12.8. The average Bonchev–Trinajstić information content (AvgIpc) is 2.88. The molecule has 2 aromatic heterocycles. The number of aromatic nitrogens is 3. The lowest BCUT2D eigenvalue weighted by Gasteiger charge is -2.43. The zero-order valence-corrected chi connectivity index (χ0v) is 22.5. The van der Waals surface area contributed by atoms with E-state index >= 15 is 0 Å². The van der Waals surface area contributed by atoms with Crippen molar-refractivity contribution in [3.63, 3.8) is 0 Å². The molecule has 2 unspecified atom stereocenters. The molecule has 0 saturated heterocycles.